The molecule has 6 heteroatoms. The van der Waals surface area contributed by atoms with E-state index in [-0.39, 0.29) is 6.10 Å². The predicted octanol–water partition coefficient (Wildman–Crippen LogP) is 1.82. The molecule has 1 N–H and O–H groups in total. The van der Waals surface area contributed by atoms with Gasteiger partial charge in [0.05, 0.1) is 24.1 Å². The zero-order valence-electron chi connectivity index (χ0n) is 12.9. The summed E-state index contributed by atoms with van der Waals surface area (Å²) in [7, 11) is 0. The van der Waals surface area contributed by atoms with Gasteiger partial charge < -0.3 is 9.84 Å². The topological polar surface area (TPSA) is 75.5 Å². The highest BCUT2D eigenvalue weighted by Crippen LogP contribution is 2.19. The van der Waals surface area contributed by atoms with E-state index in [1.165, 1.54) is 0 Å². The van der Waals surface area contributed by atoms with Crippen molar-refractivity contribution < 1.29 is 14.6 Å². The zero-order chi connectivity index (χ0) is 16.2. The molecule has 6 nitrogen and oxygen atoms in total. The molecule has 0 amide bonds. The maximum absolute atomic E-state index is 11.5. The second-order valence-corrected chi connectivity index (χ2v) is 5.60. The Hall–Kier alpha value is -2.31. The lowest BCUT2D eigenvalue weighted by atomic mass is 10.1. The SMILES string of the molecule is C[C@H]1OCCN(Cc2ccc(-c3ccccn3)nc2)[C@@H]1C(=O)O. The van der Waals surface area contributed by atoms with Crippen LogP contribution in [-0.4, -0.2) is 51.2 Å². The van der Waals surface area contributed by atoms with Gasteiger partial charge in [0, 0.05) is 25.5 Å². The third-order valence-corrected chi connectivity index (χ3v) is 3.99. The molecule has 0 bridgehead atoms. The summed E-state index contributed by atoms with van der Waals surface area (Å²) >= 11 is 0. The molecule has 0 saturated carbocycles. The van der Waals surface area contributed by atoms with Crippen LogP contribution in [0, 0.1) is 0 Å². The van der Waals surface area contributed by atoms with Crippen molar-refractivity contribution in [1.29, 1.82) is 0 Å². The van der Waals surface area contributed by atoms with Crippen molar-refractivity contribution in [2.75, 3.05) is 13.2 Å². The van der Waals surface area contributed by atoms with Crippen LogP contribution in [0.5, 0.6) is 0 Å². The molecule has 2 aromatic heterocycles. The van der Waals surface area contributed by atoms with Gasteiger partial charge in [-0.25, -0.2) is 0 Å². The van der Waals surface area contributed by atoms with E-state index < -0.39 is 12.0 Å². The van der Waals surface area contributed by atoms with Gasteiger partial charge in [0.25, 0.3) is 0 Å². The minimum atomic E-state index is -0.852. The van der Waals surface area contributed by atoms with E-state index in [0.29, 0.717) is 19.7 Å². The van der Waals surface area contributed by atoms with Gasteiger partial charge in [-0.1, -0.05) is 12.1 Å². The molecule has 0 radical (unpaired) electrons. The zero-order valence-corrected chi connectivity index (χ0v) is 12.9. The minimum absolute atomic E-state index is 0.318. The van der Waals surface area contributed by atoms with Gasteiger partial charge in [-0.15, -0.1) is 0 Å². The van der Waals surface area contributed by atoms with Gasteiger partial charge in [0.15, 0.2) is 0 Å². The Bertz CT molecular complexity index is 661. The molecular weight excluding hydrogens is 294 g/mol. The summed E-state index contributed by atoms with van der Waals surface area (Å²) in [6.07, 6.45) is 3.20. The van der Waals surface area contributed by atoms with E-state index >= 15 is 0 Å². The van der Waals surface area contributed by atoms with Crippen LogP contribution in [0.15, 0.2) is 42.7 Å². The fourth-order valence-electron chi connectivity index (χ4n) is 2.84. The van der Waals surface area contributed by atoms with Crippen molar-refractivity contribution in [3.63, 3.8) is 0 Å². The van der Waals surface area contributed by atoms with E-state index in [2.05, 4.69) is 9.97 Å². The van der Waals surface area contributed by atoms with Crippen LogP contribution in [0.3, 0.4) is 0 Å². The summed E-state index contributed by atoms with van der Waals surface area (Å²) in [4.78, 5) is 22.1. The summed E-state index contributed by atoms with van der Waals surface area (Å²) < 4.78 is 5.45. The number of nitrogens with zero attached hydrogens (tertiary/aromatic N) is 3. The maximum Gasteiger partial charge on any atom is 0.323 e. The molecule has 0 spiro atoms. The summed E-state index contributed by atoms with van der Waals surface area (Å²) in [5.74, 6) is -0.852. The standard InChI is InChI=1S/C17H19N3O3/c1-12-16(17(21)22)20(8-9-23-12)11-13-5-6-15(19-10-13)14-4-2-3-7-18-14/h2-7,10,12,16H,8-9,11H2,1H3,(H,21,22)/t12-,16+/m1/s1. The summed E-state index contributed by atoms with van der Waals surface area (Å²) in [6, 6.07) is 8.95. The lowest BCUT2D eigenvalue weighted by molar-refractivity contribution is -0.156. The number of carbonyl (C=O) groups is 1. The fourth-order valence-corrected chi connectivity index (χ4v) is 2.84. The van der Waals surface area contributed by atoms with Crippen molar-refractivity contribution >= 4 is 5.97 Å². The summed E-state index contributed by atoms with van der Waals surface area (Å²) in [5, 5.41) is 9.40. The molecule has 1 aliphatic heterocycles. The first-order valence-corrected chi connectivity index (χ1v) is 7.60. The summed E-state index contributed by atoms with van der Waals surface area (Å²) in [6.45, 7) is 3.49. The Balaban J connectivity index is 1.74. The maximum atomic E-state index is 11.5. The van der Waals surface area contributed by atoms with Gasteiger partial charge in [-0.2, -0.15) is 0 Å². The molecular formula is C17H19N3O3. The highest BCUT2D eigenvalue weighted by Gasteiger charge is 2.35. The highest BCUT2D eigenvalue weighted by atomic mass is 16.5. The molecule has 1 aliphatic rings. The van der Waals surface area contributed by atoms with Crippen molar-refractivity contribution in [2.45, 2.75) is 25.6 Å². The molecule has 120 valence electrons. The second kappa shape index (κ2) is 6.85. The quantitative estimate of drug-likeness (QED) is 0.928. The smallest absolute Gasteiger partial charge is 0.323 e. The Labute approximate surface area is 134 Å². The number of aliphatic carboxylic acids is 1. The van der Waals surface area contributed by atoms with Gasteiger partial charge in [0.2, 0.25) is 0 Å². The number of ether oxygens (including phenoxy) is 1. The fraction of sp³-hybridized carbons (Fsp3) is 0.353. The molecule has 3 rings (SSSR count). The largest absolute Gasteiger partial charge is 0.480 e. The second-order valence-electron chi connectivity index (χ2n) is 5.60. The molecule has 2 atom stereocenters. The molecule has 1 saturated heterocycles. The van der Waals surface area contributed by atoms with E-state index in [4.69, 9.17) is 4.74 Å². The monoisotopic (exact) mass is 313 g/mol. The van der Waals surface area contributed by atoms with E-state index in [9.17, 15) is 9.90 Å². The Morgan fingerprint density at radius 2 is 2.13 bits per heavy atom. The number of rotatable bonds is 4. The van der Waals surface area contributed by atoms with E-state index in [0.717, 1.165) is 17.0 Å². The van der Waals surface area contributed by atoms with Crippen LogP contribution < -0.4 is 0 Å². The van der Waals surface area contributed by atoms with E-state index in [1.54, 1.807) is 19.3 Å². The predicted molar refractivity (Wildman–Crippen MR) is 84.7 cm³/mol. The van der Waals surface area contributed by atoms with Gasteiger partial charge in [0.1, 0.15) is 6.04 Å². The van der Waals surface area contributed by atoms with Crippen molar-refractivity contribution in [3.8, 4) is 11.4 Å². The minimum Gasteiger partial charge on any atom is -0.480 e. The van der Waals surface area contributed by atoms with Crippen molar-refractivity contribution in [3.05, 3.63) is 48.3 Å². The molecule has 0 aliphatic carbocycles. The average Bonchev–Trinajstić information content (AvgIpc) is 2.56. The number of aromatic nitrogens is 2. The number of morpholine rings is 1. The van der Waals surface area contributed by atoms with Crippen LogP contribution in [0.1, 0.15) is 12.5 Å². The van der Waals surface area contributed by atoms with Crippen molar-refractivity contribution in [1.82, 2.24) is 14.9 Å². The molecule has 0 unspecified atom stereocenters. The first-order chi connectivity index (χ1) is 11.1. The van der Waals surface area contributed by atoms with Crippen LogP contribution >= 0.6 is 0 Å². The number of carboxylic acids is 1. The third-order valence-electron chi connectivity index (χ3n) is 3.99. The lowest BCUT2D eigenvalue weighted by Gasteiger charge is -2.37. The highest BCUT2D eigenvalue weighted by molar-refractivity contribution is 5.74. The molecule has 1 fully saturated rings. The number of hydrogen-bond donors (Lipinski definition) is 1. The van der Waals surface area contributed by atoms with Crippen LogP contribution in [0.25, 0.3) is 11.4 Å². The number of hydrogen-bond acceptors (Lipinski definition) is 5. The normalized spacial score (nSPS) is 22.0. The molecule has 0 aromatic carbocycles. The molecule has 3 heterocycles. The Morgan fingerprint density at radius 3 is 2.78 bits per heavy atom. The van der Waals surface area contributed by atoms with Gasteiger partial charge in [-0.05, 0) is 30.7 Å². The number of pyridine rings is 2. The van der Waals surface area contributed by atoms with Gasteiger partial charge in [-0.3, -0.25) is 19.7 Å². The lowest BCUT2D eigenvalue weighted by Crippen LogP contribution is -2.53. The Kier molecular flexibility index (Phi) is 4.64. The molecule has 23 heavy (non-hydrogen) atoms. The van der Waals surface area contributed by atoms with Crippen LogP contribution in [0.2, 0.25) is 0 Å². The number of carboxylic acid groups (broad SMARTS) is 1. The van der Waals surface area contributed by atoms with E-state index in [1.807, 2.05) is 35.2 Å². The van der Waals surface area contributed by atoms with Gasteiger partial charge >= 0.3 is 5.97 Å². The van der Waals surface area contributed by atoms with Crippen LogP contribution in [-0.2, 0) is 16.1 Å². The third kappa shape index (κ3) is 3.55. The summed E-state index contributed by atoms with van der Waals surface area (Å²) in [5.41, 5.74) is 2.60. The van der Waals surface area contributed by atoms with Crippen molar-refractivity contribution in [2.24, 2.45) is 0 Å². The average molecular weight is 313 g/mol. The van der Waals surface area contributed by atoms with Crippen LogP contribution in [0.4, 0.5) is 0 Å². The first-order valence-electron chi connectivity index (χ1n) is 7.60. The Morgan fingerprint density at radius 1 is 1.30 bits per heavy atom. The first kappa shape index (κ1) is 15.6. The molecule has 2 aromatic rings.